The van der Waals surface area contributed by atoms with Gasteiger partial charge in [-0.15, -0.1) is 0 Å². The van der Waals surface area contributed by atoms with Crippen LogP contribution in [-0.2, 0) is 19.6 Å². The Balaban J connectivity index is 1.35. The lowest BCUT2D eigenvalue weighted by Crippen LogP contribution is -2.39. The summed E-state index contributed by atoms with van der Waals surface area (Å²) in [6.45, 7) is 3.38. The molecule has 3 aliphatic rings. The zero-order valence-corrected chi connectivity index (χ0v) is 23.7. The number of piperidine rings is 2. The summed E-state index contributed by atoms with van der Waals surface area (Å²) in [4.78, 5) is 37.5. The summed E-state index contributed by atoms with van der Waals surface area (Å²) in [6.07, 6.45) is 5.28. The summed E-state index contributed by atoms with van der Waals surface area (Å²) in [5, 5.41) is 2.71. The van der Waals surface area contributed by atoms with E-state index in [0.717, 1.165) is 12.8 Å². The molecule has 222 valence electrons. The van der Waals surface area contributed by atoms with Gasteiger partial charge in [0, 0.05) is 45.2 Å². The number of sulfonamides is 1. The molecule has 1 saturated carbocycles. The summed E-state index contributed by atoms with van der Waals surface area (Å²) in [7, 11) is -4.03. The van der Waals surface area contributed by atoms with Crippen molar-refractivity contribution < 1.29 is 31.5 Å². The van der Waals surface area contributed by atoms with Crippen molar-refractivity contribution in [3.8, 4) is 0 Å². The van der Waals surface area contributed by atoms with E-state index in [4.69, 9.17) is 4.74 Å². The molecule has 1 amide bonds. The summed E-state index contributed by atoms with van der Waals surface area (Å²) in [5.41, 5.74) is 1.44. The largest absolute Gasteiger partial charge is 0.465 e. The lowest BCUT2D eigenvalue weighted by molar-refractivity contribution is -0.139. The number of hydrogen-bond acceptors (Lipinski definition) is 9. The second-order valence-electron chi connectivity index (χ2n) is 10.9. The molecule has 3 fully saturated rings. The number of halogens is 2. The number of ether oxygens (including phenoxy) is 1. The van der Waals surface area contributed by atoms with Gasteiger partial charge in [-0.05, 0) is 62.3 Å². The van der Waals surface area contributed by atoms with Gasteiger partial charge in [0.25, 0.3) is 11.8 Å². The molecule has 2 N–H and O–H groups in total. The molecule has 5 rings (SSSR count). The fourth-order valence-electron chi connectivity index (χ4n) is 5.34. The number of carbonyl (C=O) groups excluding carboxylic acids is 2. The first-order chi connectivity index (χ1) is 19.5. The first kappa shape index (κ1) is 29.0. The minimum Gasteiger partial charge on any atom is -0.465 e. The highest BCUT2D eigenvalue weighted by molar-refractivity contribution is 7.93. The summed E-state index contributed by atoms with van der Waals surface area (Å²) in [6, 6.07) is 6.18. The summed E-state index contributed by atoms with van der Waals surface area (Å²) < 4.78 is 59.5. The van der Waals surface area contributed by atoms with Gasteiger partial charge in [-0.1, -0.05) is 0 Å². The van der Waals surface area contributed by atoms with Crippen molar-refractivity contribution in [2.75, 3.05) is 58.4 Å². The molecule has 2 saturated heterocycles. The van der Waals surface area contributed by atoms with Gasteiger partial charge in [0.05, 0.1) is 23.5 Å². The van der Waals surface area contributed by atoms with Crippen LogP contribution in [0.15, 0.2) is 30.5 Å². The predicted octanol–water partition coefficient (Wildman–Crippen LogP) is 3.65. The zero-order valence-electron chi connectivity index (χ0n) is 22.9. The fraction of sp³-hybridized carbons (Fsp3) is 0.556. The molecule has 2 aromatic rings. The van der Waals surface area contributed by atoms with Crippen molar-refractivity contribution in [2.45, 2.75) is 51.4 Å². The molecule has 0 bridgehead atoms. The number of aromatic nitrogens is 2. The molecule has 3 heterocycles. The Kier molecular flexibility index (Phi) is 8.04. The van der Waals surface area contributed by atoms with Crippen molar-refractivity contribution in [1.82, 2.24) is 9.97 Å². The first-order valence-electron chi connectivity index (χ1n) is 13.8. The topological polar surface area (TPSA) is 134 Å². The number of nitrogens with one attached hydrogen (secondary N) is 2. The minimum atomic E-state index is -4.03. The molecular weight excluding hydrogens is 558 g/mol. The van der Waals surface area contributed by atoms with E-state index in [1.54, 1.807) is 24.0 Å². The van der Waals surface area contributed by atoms with Crippen LogP contribution in [0, 0.1) is 5.41 Å². The third-order valence-corrected chi connectivity index (χ3v) is 9.10. The van der Waals surface area contributed by atoms with Gasteiger partial charge in [-0.2, -0.15) is 4.98 Å². The highest BCUT2D eigenvalue weighted by atomic mass is 32.2. The van der Waals surface area contributed by atoms with E-state index in [2.05, 4.69) is 24.9 Å². The predicted molar refractivity (Wildman–Crippen MR) is 150 cm³/mol. The number of carbonyl (C=O) groups is 2. The SMILES string of the molecule is CCOC(=O)CS(=O)(=O)Nc1ccc(C(=O)Nc2nccc(N3CCC(F)(F)CC3)n2)c(N2CCC3(CC2)CC3)c1. The number of amides is 1. The quantitative estimate of drug-likeness (QED) is 0.419. The van der Waals surface area contributed by atoms with Crippen molar-refractivity contribution in [2.24, 2.45) is 5.41 Å². The lowest BCUT2D eigenvalue weighted by Gasteiger charge is -2.35. The van der Waals surface area contributed by atoms with Crippen LogP contribution < -0.4 is 19.8 Å². The van der Waals surface area contributed by atoms with Crippen molar-refractivity contribution in [3.63, 3.8) is 0 Å². The van der Waals surface area contributed by atoms with E-state index in [1.807, 2.05) is 0 Å². The number of alkyl halides is 2. The first-order valence-corrected chi connectivity index (χ1v) is 15.4. The Morgan fingerprint density at radius 1 is 1.00 bits per heavy atom. The van der Waals surface area contributed by atoms with Crippen LogP contribution in [0.5, 0.6) is 0 Å². The molecule has 1 spiro atoms. The maximum atomic E-state index is 13.6. The van der Waals surface area contributed by atoms with Crippen molar-refractivity contribution in [1.29, 1.82) is 0 Å². The molecular formula is C27H34F2N6O5S. The average molecular weight is 593 g/mol. The van der Waals surface area contributed by atoms with E-state index in [9.17, 15) is 26.8 Å². The molecule has 11 nitrogen and oxygen atoms in total. The smallest absolute Gasteiger partial charge is 0.323 e. The molecule has 2 aliphatic heterocycles. The van der Waals surface area contributed by atoms with Gasteiger partial charge in [0.1, 0.15) is 5.82 Å². The monoisotopic (exact) mass is 592 g/mol. The number of nitrogens with zero attached hydrogens (tertiary/aromatic N) is 4. The van der Waals surface area contributed by atoms with Gasteiger partial charge >= 0.3 is 5.97 Å². The van der Waals surface area contributed by atoms with E-state index in [0.29, 0.717) is 35.6 Å². The van der Waals surface area contributed by atoms with Crippen molar-refractivity contribution in [3.05, 3.63) is 36.0 Å². The molecule has 0 unspecified atom stereocenters. The molecule has 41 heavy (non-hydrogen) atoms. The Bertz CT molecular complexity index is 1400. The van der Waals surface area contributed by atoms with E-state index >= 15 is 0 Å². The molecule has 1 aliphatic carbocycles. The number of hydrogen-bond donors (Lipinski definition) is 2. The zero-order chi connectivity index (χ0) is 29.3. The van der Waals surface area contributed by atoms with E-state index in [1.165, 1.54) is 31.2 Å². The van der Waals surface area contributed by atoms with Crippen LogP contribution in [0.25, 0.3) is 0 Å². The van der Waals surface area contributed by atoms with Crippen LogP contribution in [0.1, 0.15) is 55.8 Å². The number of esters is 1. The van der Waals surface area contributed by atoms with E-state index < -0.39 is 33.6 Å². The second-order valence-corrected chi connectivity index (χ2v) is 12.6. The lowest BCUT2D eigenvalue weighted by atomic mass is 9.93. The van der Waals surface area contributed by atoms with Crippen LogP contribution in [0.4, 0.5) is 31.9 Å². The van der Waals surface area contributed by atoms with Gasteiger partial charge in [-0.3, -0.25) is 19.6 Å². The summed E-state index contributed by atoms with van der Waals surface area (Å²) >= 11 is 0. The van der Waals surface area contributed by atoms with Crippen LogP contribution in [0.3, 0.4) is 0 Å². The maximum Gasteiger partial charge on any atom is 0.323 e. The van der Waals surface area contributed by atoms with Crippen LogP contribution in [-0.4, -0.2) is 74.7 Å². The number of benzene rings is 1. The van der Waals surface area contributed by atoms with Crippen LogP contribution in [0.2, 0.25) is 0 Å². The van der Waals surface area contributed by atoms with Crippen molar-refractivity contribution >= 4 is 45.0 Å². The molecule has 0 atom stereocenters. The highest BCUT2D eigenvalue weighted by Gasteiger charge is 2.44. The average Bonchev–Trinajstić information content (AvgIpc) is 3.67. The van der Waals surface area contributed by atoms with Gasteiger partial charge in [0.15, 0.2) is 5.75 Å². The Morgan fingerprint density at radius 2 is 1.68 bits per heavy atom. The normalized spacial score (nSPS) is 19.5. The molecule has 1 aromatic heterocycles. The fourth-order valence-corrected chi connectivity index (χ4v) is 6.29. The maximum absolute atomic E-state index is 13.6. The Labute approximate surface area is 237 Å². The van der Waals surface area contributed by atoms with Crippen LogP contribution >= 0.6 is 0 Å². The standard InChI is InChI=1S/C27H34F2N6O5S/c1-2-40-23(36)18-41(38,39)33-19-3-4-20(21(17-19)34-13-8-26(6-7-26)9-14-34)24(37)32-25-30-12-5-22(31-25)35-15-10-27(28,29)11-16-35/h3-5,12,17,33H,2,6-11,13-16,18H2,1H3,(H,30,31,32,37). The summed E-state index contributed by atoms with van der Waals surface area (Å²) in [5.74, 6) is -4.39. The second kappa shape index (κ2) is 11.4. The third-order valence-electron chi connectivity index (χ3n) is 7.94. The van der Waals surface area contributed by atoms with Gasteiger partial charge in [-0.25, -0.2) is 22.2 Å². The molecule has 1 aromatic carbocycles. The molecule has 14 heteroatoms. The number of rotatable bonds is 9. The van der Waals surface area contributed by atoms with Gasteiger partial charge < -0.3 is 14.5 Å². The highest BCUT2D eigenvalue weighted by Crippen LogP contribution is 2.54. The Hall–Kier alpha value is -3.55. The van der Waals surface area contributed by atoms with Gasteiger partial charge in [0.2, 0.25) is 16.0 Å². The van der Waals surface area contributed by atoms with E-state index in [-0.39, 0.29) is 44.2 Å². The minimum absolute atomic E-state index is 0.0329. The Morgan fingerprint density at radius 3 is 2.34 bits per heavy atom. The number of anilines is 4. The third kappa shape index (κ3) is 7.21. The molecule has 0 radical (unpaired) electrons.